The Hall–Kier alpha value is -2.34. The van der Waals surface area contributed by atoms with Crippen LogP contribution < -0.4 is 5.32 Å². The molecule has 1 atom stereocenters. The topological polar surface area (TPSA) is 75.6 Å². The van der Waals surface area contributed by atoms with Gasteiger partial charge < -0.3 is 15.2 Å². The molecule has 23 heavy (non-hydrogen) atoms. The van der Waals surface area contributed by atoms with Crippen molar-refractivity contribution >= 4 is 23.4 Å². The monoisotopic (exact) mass is 333 g/mol. The van der Waals surface area contributed by atoms with Gasteiger partial charge in [0.15, 0.2) is 0 Å². The summed E-state index contributed by atoms with van der Waals surface area (Å²) in [6.07, 6.45) is 0.0825. The quantitative estimate of drug-likeness (QED) is 0.809. The number of aliphatic carboxylic acids is 1. The molecule has 1 aromatic carbocycles. The smallest absolute Gasteiger partial charge is 0.407 e. The second-order valence-electron chi connectivity index (χ2n) is 5.01. The molecule has 0 aliphatic heterocycles. The Kier molecular flexibility index (Phi) is 6.17. The highest BCUT2D eigenvalue weighted by atomic mass is 32.1. The summed E-state index contributed by atoms with van der Waals surface area (Å²) in [5.74, 6) is -0.968. The Labute approximate surface area is 138 Å². The van der Waals surface area contributed by atoms with Gasteiger partial charge in [-0.15, -0.1) is 11.3 Å². The first-order chi connectivity index (χ1) is 11.1. The van der Waals surface area contributed by atoms with Crippen LogP contribution in [0.15, 0.2) is 42.5 Å². The molecule has 0 aliphatic carbocycles. The van der Waals surface area contributed by atoms with Crippen molar-refractivity contribution < 1.29 is 19.4 Å². The fourth-order valence-corrected chi connectivity index (χ4v) is 3.08. The maximum Gasteiger partial charge on any atom is 0.407 e. The van der Waals surface area contributed by atoms with E-state index in [0.717, 1.165) is 21.7 Å². The van der Waals surface area contributed by atoms with E-state index in [1.165, 1.54) is 11.3 Å². The van der Waals surface area contributed by atoms with Crippen LogP contribution in [0.4, 0.5) is 4.79 Å². The Morgan fingerprint density at radius 3 is 2.57 bits per heavy atom. The molecule has 0 aliphatic rings. The predicted molar refractivity (Wildman–Crippen MR) is 88.5 cm³/mol. The standard InChI is InChI=1S/C17H19NO4S/c1-2-13-8-9-15(23-13)14(10-16(19)20)18-17(21)22-11-12-6-4-3-5-7-12/h3-9,14H,2,10-11H2,1H3,(H,18,21)(H,19,20). The van der Waals surface area contributed by atoms with Gasteiger partial charge in [-0.05, 0) is 24.1 Å². The van der Waals surface area contributed by atoms with E-state index in [2.05, 4.69) is 5.32 Å². The van der Waals surface area contributed by atoms with E-state index >= 15 is 0 Å². The molecule has 5 nitrogen and oxygen atoms in total. The lowest BCUT2D eigenvalue weighted by molar-refractivity contribution is -0.137. The third-order valence-electron chi connectivity index (χ3n) is 3.26. The van der Waals surface area contributed by atoms with Gasteiger partial charge in [-0.25, -0.2) is 4.79 Å². The molecule has 0 bridgehead atoms. The van der Waals surface area contributed by atoms with Crippen LogP contribution in [0, 0.1) is 0 Å². The number of rotatable bonds is 7. The first-order valence-electron chi connectivity index (χ1n) is 7.36. The number of carboxylic acid groups (broad SMARTS) is 1. The number of carboxylic acids is 1. The molecule has 0 radical (unpaired) electrons. The van der Waals surface area contributed by atoms with Crippen molar-refractivity contribution in [1.82, 2.24) is 5.32 Å². The number of carbonyl (C=O) groups excluding carboxylic acids is 1. The Bertz CT molecular complexity index is 654. The summed E-state index contributed by atoms with van der Waals surface area (Å²) in [5.41, 5.74) is 0.877. The van der Waals surface area contributed by atoms with Gasteiger partial charge >= 0.3 is 12.1 Å². The molecule has 2 aromatic rings. The Balaban J connectivity index is 1.96. The van der Waals surface area contributed by atoms with Crippen molar-refractivity contribution in [3.05, 3.63) is 57.8 Å². The van der Waals surface area contributed by atoms with Crippen LogP contribution in [0.3, 0.4) is 0 Å². The van der Waals surface area contributed by atoms with E-state index in [0.29, 0.717) is 0 Å². The molecule has 0 saturated heterocycles. The average Bonchev–Trinajstić information content (AvgIpc) is 3.02. The number of aryl methyl sites for hydroxylation is 1. The lowest BCUT2D eigenvalue weighted by Gasteiger charge is -2.15. The van der Waals surface area contributed by atoms with Crippen LogP contribution in [0.2, 0.25) is 0 Å². The number of nitrogens with one attached hydrogen (secondary N) is 1. The fraction of sp³-hybridized carbons (Fsp3) is 0.294. The molecule has 122 valence electrons. The second-order valence-corrected chi connectivity index (χ2v) is 6.21. The van der Waals surface area contributed by atoms with E-state index in [9.17, 15) is 9.59 Å². The van der Waals surface area contributed by atoms with Crippen molar-refractivity contribution in [3.8, 4) is 0 Å². The molecule has 1 amide bonds. The van der Waals surface area contributed by atoms with Crippen LogP contribution in [0.5, 0.6) is 0 Å². The predicted octanol–water partition coefficient (Wildman–Crippen LogP) is 3.75. The van der Waals surface area contributed by atoms with Crippen LogP contribution in [-0.4, -0.2) is 17.2 Å². The number of hydrogen-bond donors (Lipinski definition) is 2. The van der Waals surface area contributed by atoms with Crippen LogP contribution in [0.25, 0.3) is 0 Å². The summed E-state index contributed by atoms with van der Waals surface area (Å²) < 4.78 is 5.16. The number of carbonyl (C=O) groups is 2. The van der Waals surface area contributed by atoms with Crippen molar-refractivity contribution in [2.75, 3.05) is 0 Å². The number of alkyl carbamates (subject to hydrolysis) is 1. The van der Waals surface area contributed by atoms with E-state index in [1.807, 2.05) is 49.4 Å². The Morgan fingerprint density at radius 1 is 1.22 bits per heavy atom. The molecule has 0 fully saturated rings. The van der Waals surface area contributed by atoms with Gasteiger partial charge in [0.1, 0.15) is 6.61 Å². The van der Waals surface area contributed by atoms with Crippen LogP contribution in [-0.2, 0) is 22.6 Å². The molecule has 1 unspecified atom stereocenters. The minimum Gasteiger partial charge on any atom is -0.481 e. The van der Waals surface area contributed by atoms with Gasteiger partial charge in [0.05, 0.1) is 12.5 Å². The summed E-state index contributed by atoms with van der Waals surface area (Å²) in [5, 5.41) is 11.7. The molecule has 0 spiro atoms. The highest BCUT2D eigenvalue weighted by Gasteiger charge is 2.20. The highest BCUT2D eigenvalue weighted by Crippen LogP contribution is 2.26. The largest absolute Gasteiger partial charge is 0.481 e. The van der Waals surface area contributed by atoms with Gasteiger partial charge in [-0.1, -0.05) is 37.3 Å². The number of hydrogen-bond acceptors (Lipinski definition) is 4. The maximum absolute atomic E-state index is 11.9. The highest BCUT2D eigenvalue weighted by molar-refractivity contribution is 7.12. The van der Waals surface area contributed by atoms with Gasteiger partial charge in [0.2, 0.25) is 0 Å². The first-order valence-corrected chi connectivity index (χ1v) is 8.17. The third-order valence-corrected chi connectivity index (χ3v) is 4.60. The molecule has 2 rings (SSSR count). The number of benzene rings is 1. The zero-order chi connectivity index (χ0) is 16.7. The van der Waals surface area contributed by atoms with Crippen molar-refractivity contribution in [3.63, 3.8) is 0 Å². The Morgan fingerprint density at radius 2 is 1.96 bits per heavy atom. The first kappa shape index (κ1) is 17.0. The lowest BCUT2D eigenvalue weighted by Crippen LogP contribution is -2.30. The normalized spacial score (nSPS) is 11.7. The van der Waals surface area contributed by atoms with E-state index in [-0.39, 0.29) is 13.0 Å². The molecule has 1 heterocycles. The fourth-order valence-electron chi connectivity index (χ4n) is 2.08. The van der Waals surface area contributed by atoms with Gasteiger partial charge in [-0.2, -0.15) is 0 Å². The molecule has 6 heteroatoms. The van der Waals surface area contributed by atoms with E-state index in [4.69, 9.17) is 9.84 Å². The SMILES string of the molecule is CCc1ccc(C(CC(=O)O)NC(=O)OCc2ccccc2)s1. The summed E-state index contributed by atoms with van der Waals surface area (Å²) in [6, 6.07) is 12.5. The molecular weight excluding hydrogens is 314 g/mol. The van der Waals surface area contributed by atoms with Crippen molar-refractivity contribution in [2.24, 2.45) is 0 Å². The summed E-state index contributed by atoms with van der Waals surface area (Å²) >= 11 is 1.51. The second kappa shape index (κ2) is 8.33. The summed E-state index contributed by atoms with van der Waals surface area (Å²) in [7, 11) is 0. The molecular formula is C17H19NO4S. The van der Waals surface area contributed by atoms with Gasteiger partial charge in [-0.3, -0.25) is 4.79 Å². The minimum atomic E-state index is -0.968. The molecule has 1 aromatic heterocycles. The van der Waals surface area contributed by atoms with Crippen LogP contribution in [0.1, 0.15) is 34.7 Å². The van der Waals surface area contributed by atoms with Gasteiger partial charge in [0.25, 0.3) is 0 Å². The number of amides is 1. The zero-order valence-corrected chi connectivity index (χ0v) is 13.6. The number of ether oxygens (including phenoxy) is 1. The van der Waals surface area contributed by atoms with Crippen molar-refractivity contribution in [1.29, 1.82) is 0 Å². The number of thiophene rings is 1. The third kappa shape index (κ3) is 5.41. The summed E-state index contributed by atoms with van der Waals surface area (Å²) in [4.78, 5) is 24.9. The van der Waals surface area contributed by atoms with Crippen molar-refractivity contribution in [2.45, 2.75) is 32.4 Å². The minimum absolute atomic E-state index is 0.150. The van der Waals surface area contributed by atoms with Crippen LogP contribution >= 0.6 is 11.3 Å². The molecule has 2 N–H and O–H groups in total. The zero-order valence-electron chi connectivity index (χ0n) is 12.8. The lowest BCUT2D eigenvalue weighted by atomic mass is 10.2. The average molecular weight is 333 g/mol. The van der Waals surface area contributed by atoms with E-state index in [1.54, 1.807) is 0 Å². The van der Waals surface area contributed by atoms with Gasteiger partial charge in [0, 0.05) is 9.75 Å². The molecule has 0 saturated carbocycles. The summed E-state index contributed by atoms with van der Waals surface area (Å²) in [6.45, 7) is 2.18. The van der Waals surface area contributed by atoms with E-state index < -0.39 is 18.1 Å². The maximum atomic E-state index is 11.9.